The second-order valence-corrected chi connectivity index (χ2v) is 6.75. The number of carbonyl (C=O) groups excluding carboxylic acids is 2. The van der Waals surface area contributed by atoms with E-state index in [1.54, 1.807) is 19.2 Å². The highest BCUT2D eigenvalue weighted by Gasteiger charge is 2.17. The fourth-order valence-corrected chi connectivity index (χ4v) is 2.77. The van der Waals surface area contributed by atoms with Gasteiger partial charge in [-0.3, -0.25) is 9.59 Å². The van der Waals surface area contributed by atoms with Crippen LogP contribution in [-0.2, 0) is 9.59 Å². The Morgan fingerprint density at radius 1 is 1.00 bits per heavy atom. The van der Waals surface area contributed by atoms with Crippen LogP contribution >= 0.6 is 23.2 Å². The summed E-state index contributed by atoms with van der Waals surface area (Å²) in [5, 5.41) is 6.07. The standard InChI is InChI=1S/C18H18Cl2FN3O2/c1-11-3-8-14(19)18(17(11)20)23-16(26)10-24(2)9-15(25)22-13-6-4-12(21)5-7-13/h3-8H,9-10H2,1-2H3,(H,22,25)(H,23,26)/p+1. The zero-order valence-electron chi connectivity index (χ0n) is 14.3. The van der Waals surface area contributed by atoms with Gasteiger partial charge >= 0.3 is 0 Å². The summed E-state index contributed by atoms with van der Waals surface area (Å²) in [6, 6.07) is 8.88. The van der Waals surface area contributed by atoms with Crippen LogP contribution in [0.25, 0.3) is 0 Å². The number of quaternary nitrogens is 1. The lowest BCUT2D eigenvalue weighted by Gasteiger charge is -2.15. The molecule has 3 N–H and O–H groups in total. The van der Waals surface area contributed by atoms with Crippen molar-refractivity contribution in [3.05, 3.63) is 57.8 Å². The maximum Gasteiger partial charge on any atom is 0.279 e. The molecular formula is C18H19Cl2FN3O2+. The van der Waals surface area contributed by atoms with Crippen molar-refractivity contribution in [3.8, 4) is 0 Å². The van der Waals surface area contributed by atoms with Gasteiger partial charge in [0.25, 0.3) is 11.8 Å². The minimum Gasteiger partial charge on any atom is -0.322 e. The molecule has 0 aliphatic rings. The highest BCUT2D eigenvalue weighted by atomic mass is 35.5. The monoisotopic (exact) mass is 398 g/mol. The number of amides is 2. The van der Waals surface area contributed by atoms with Gasteiger partial charge < -0.3 is 15.5 Å². The molecule has 0 aliphatic carbocycles. The molecule has 0 spiro atoms. The Balaban J connectivity index is 1.88. The van der Waals surface area contributed by atoms with Gasteiger partial charge in [0.15, 0.2) is 13.1 Å². The Hall–Kier alpha value is -2.15. The smallest absolute Gasteiger partial charge is 0.279 e. The Bertz CT molecular complexity index is 813. The first-order chi connectivity index (χ1) is 12.3. The Kier molecular flexibility index (Phi) is 6.97. The van der Waals surface area contributed by atoms with Gasteiger partial charge in [-0.15, -0.1) is 0 Å². The van der Waals surface area contributed by atoms with Gasteiger partial charge in [0.1, 0.15) is 5.82 Å². The number of aryl methyl sites for hydroxylation is 1. The van der Waals surface area contributed by atoms with E-state index in [0.717, 1.165) is 5.56 Å². The third-order valence-electron chi connectivity index (χ3n) is 3.60. The molecular weight excluding hydrogens is 380 g/mol. The second kappa shape index (κ2) is 8.98. The summed E-state index contributed by atoms with van der Waals surface area (Å²) >= 11 is 12.2. The molecule has 2 rings (SSSR count). The van der Waals surface area contributed by atoms with E-state index in [4.69, 9.17) is 23.2 Å². The number of hydrogen-bond donors (Lipinski definition) is 3. The zero-order chi connectivity index (χ0) is 19.3. The highest BCUT2D eigenvalue weighted by molar-refractivity contribution is 6.40. The van der Waals surface area contributed by atoms with E-state index in [2.05, 4.69) is 10.6 Å². The van der Waals surface area contributed by atoms with Crippen molar-refractivity contribution in [2.75, 3.05) is 30.8 Å². The normalized spacial score (nSPS) is 11.7. The lowest BCUT2D eigenvalue weighted by Crippen LogP contribution is -3.11. The van der Waals surface area contributed by atoms with Crippen LogP contribution in [0.1, 0.15) is 5.56 Å². The molecule has 5 nitrogen and oxygen atoms in total. The molecule has 0 radical (unpaired) electrons. The third kappa shape index (κ3) is 5.69. The third-order valence-corrected chi connectivity index (χ3v) is 4.40. The summed E-state index contributed by atoms with van der Waals surface area (Å²) in [5.74, 6) is -0.976. The molecule has 0 fully saturated rings. The molecule has 1 unspecified atom stereocenters. The molecule has 2 aromatic rings. The van der Waals surface area contributed by atoms with Crippen molar-refractivity contribution >= 4 is 46.4 Å². The van der Waals surface area contributed by atoms with E-state index in [1.807, 2.05) is 6.92 Å². The lowest BCUT2D eigenvalue weighted by atomic mass is 10.2. The fraction of sp³-hybridized carbons (Fsp3) is 0.222. The maximum atomic E-state index is 12.9. The Morgan fingerprint density at radius 2 is 1.58 bits per heavy atom. The minimum absolute atomic E-state index is 0.0530. The summed E-state index contributed by atoms with van der Waals surface area (Å²) < 4.78 is 12.9. The first kappa shape index (κ1) is 20.2. The number of anilines is 2. The van der Waals surface area contributed by atoms with Crippen LogP contribution in [0.15, 0.2) is 36.4 Å². The van der Waals surface area contributed by atoms with Gasteiger partial charge in [0.05, 0.1) is 22.8 Å². The Morgan fingerprint density at radius 3 is 2.19 bits per heavy atom. The van der Waals surface area contributed by atoms with Crippen molar-refractivity contribution in [3.63, 3.8) is 0 Å². The van der Waals surface area contributed by atoms with Crippen LogP contribution in [0, 0.1) is 12.7 Å². The van der Waals surface area contributed by atoms with Gasteiger partial charge in [-0.05, 0) is 42.8 Å². The number of carbonyl (C=O) groups is 2. The molecule has 26 heavy (non-hydrogen) atoms. The van der Waals surface area contributed by atoms with Gasteiger partial charge in [-0.2, -0.15) is 0 Å². The average molecular weight is 399 g/mol. The summed E-state index contributed by atoms with van der Waals surface area (Å²) in [7, 11) is 1.71. The van der Waals surface area contributed by atoms with Crippen LogP contribution in [0.2, 0.25) is 10.0 Å². The largest absolute Gasteiger partial charge is 0.322 e. The number of rotatable bonds is 6. The van der Waals surface area contributed by atoms with Gasteiger partial charge in [-0.1, -0.05) is 29.3 Å². The minimum atomic E-state index is -0.379. The van der Waals surface area contributed by atoms with Crippen LogP contribution < -0.4 is 15.5 Å². The highest BCUT2D eigenvalue weighted by Crippen LogP contribution is 2.32. The number of halogens is 3. The quantitative estimate of drug-likeness (QED) is 0.699. The predicted molar refractivity (Wildman–Crippen MR) is 101 cm³/mol. The molecule has 0 saturated heterocycles. The van der Waals surface area contributed by atoms with Crippen molar-refractivity contribution in [2.24, 2.45) is 0 Å². The molecule has 0 aromatic heterocycles. The molecule has 0 saturated carbocycles. The molecule has 0 bridgehead atoms. The van der Waals surface area contributed by atoms with Gasteiger partial charge in [-0.25, -0.2) is 4.39 Å². The Labute approximate surface area is 161 Å². The van der Waals surface area contributed by atoms with Crippen molar-refractivity contribution < 1.29 is 18.9 Å². The summed E-state index contributed by atoms with van der Waals surface area (Å²) in [6.45, 7) is 1.93. The van der Waals surface area contributed by atoms with E-state index in [9.17, 15) is 14.0 Å². The van der Waals surface area contributed by atoms with Gasteiger partial charge in [0.2, 0.25) is 0 Å². The second-order valence-electron chi connectivity index (χ2n) is 5.97. The molecule has 2 aromatic carbocycles. The lowest BCUT2D eigenvalue weighted by molar-refractivity contribution is -0.862. The van der Waals surface area contributed by atoms with Crippen molar-refractivity contribution in [1.29, 1.82) is 0 Å². The molecule has 0 aliphatic heterocycles. The fourth-order valence-electron chi connectivity index (χ4n) is 2.30. The van der Waals surface area contributed by atoms with E-state index in [1.165, 1.54) is 24.3 Å². The number of hydrogen-bond acceptors (Lipinski definition) is 2. The first-order valence-electron chi connectivity index (χ1n) is 7.87. The van der Waals surface area contributed by atoms with E-state index in [-0.39, 0.29) is 30.7 Å². The van der Waals surface area contributed by atoms with Crippen LogP contribution in [0.3, 0.4) is 0 Å². The van der Waals surface area contributed by atoms with Gasteiger partial charge in [0, 0.05) is 5.69 Å². The zero-order valence-corrected chi connectivity index (χ0v) is 15.8. The van der Waals surface area contributed by atoms with Crippen LogP contribution in [-0.4, -0.2) is 32.0 Å². The summed E-state index contributed by atoms with van der Waals surface area (Å²) in [6.07, 6.45) is 0. The van der Waals surface area contributed by atoms with Crippen molar-refractivity contribution in [2.45, 2.75) is 6.92 Å². The molecule has 1 atom stereocenters. The molecule has 0 heterocycles. The molecule has 2 amide bonds. The summed E-state index contributed by atoms with van der Waals surface area (Å²) in [5.41, 5.74) is 1.65. The van der Waals surface area contributed by atoms with Crippen molar-refractivity contribution in [1.82, 2.24) is 0 Å². The van der Waals surface area contributed by atoms with Crippen LogP contribution in [0.5, 0.6) is 0 Å². The topological polar surface area (TPSA) is 62.6 Å². The predicted octanol–water partition coefficient (Wildman–Crippen LogP) is 2.53. The average Bonchev–Trinajstić information content (AvgIpc) is 2.57. The summed E-state index contributed by atoms with van der Waals surface area (Å²) in [4.78, 5) is 24.9. The number of nitrogens with one attached hydrogen (secondary N) is 3. The SMILES string of the molecule is Cc1ccc(Cl)c(NC(=O)C[NH+](C)CC(=O)Nc2ccc(F)cc2)c1Cl. The maximum absolute atomic E-state index is 12.9. The first-order valence-corrected chi connectivity index (χ1v) is 8.63. The molecule has 138 valence electrons. The molecule has 8 heteroatoms. The van der Waals surface area contributed by atoms with E-state index >= 15 is 0 Å². The van der Waals surface area contributed by atoms with E-state index in [0.29, 0.717) is 26.3 Å². The number of benzene rings is 2. The number of likely N-dealkylation sites (N-methyl/N-ethyl adjacent to an activating group) is 1. The van der Waals surface area contributed by atoms with Crippen LogP contribution in [0.4, 0.5) is 15.8 Å². The van der Waals surface area contributed by atoms with E-state index < -0.39 is 0 Å².